The van der Waals surface area contributed by atoms with Gasteiger partial charge in [-0.3, -0.25) is 4.98 Å². The molecule has 0 amide bonds. The van der Waals surface area contributed by atoms with E-state index >= 15 is 0 Å². The first-order valence-electron chi connectivity index (χ1n) is 4.31. The highest BCUT2D eigenvalue weighted by molar-refractivity contribution is 7.80. The molecule has 2 aromatic heterocycles. The summed E-state index contributed by atoms with van der Waals surface area (Å²) in [5.41, 5.74) is 8.07. The highest BCUT2D eigenvalue weighted by Gasteiger charge is 1.98. The van der Waals surface area contributed by atoms with E-state index in [0.717, 1.165) is 11.4 Å². The fourth-order valence-electron chi connectivity index (χ4n) is 1.12. The van der Waals surface area contributed by atoms with E-state index < -0.39 is 0 Å². The van der Waals surface area contributed by atoms with E-state index in [1.165, 1.54) is 0 Å². The van der Waals surface area contributed by atoms with Gasteiger partial charge in [-0.15, -0.1) is 0 Å². The van der Waals surface area contributed by atoms with Gasteiger partial charge in [0.15, 0.2) is 0 Å². The zero-order chi connectivity index (χ0) is 10.7. The van der Waals surface area contributed by atoms with Gasteiger partial charge < -0.3 is 11.1 Å². The van der Waals surface area contributed by atoms with Crippen LogP contribution in [-0.2, 0) is 0 Å². The fourth-order valence-corrected chi connectivity index (χ4v) is 1.82. The highest BCUT2D eigenvalue weighted by Crippen LogP contribution is 2.18. The number of thiophene rings is 1. The summed E-state index contributed by atoms with van der Waals surface area (Å²) in [5, 5.41) is 7.26. The number of anilines is 2. The molecule has 0 aromatic carbocycles. The van der Waals surface area contributed by atoms with Crippen molar-refractivity contribution in [3.8, 4) is 0 Å². The number of rotatable bonds is 3. The topological polar surface area (TPSA) is 50.9 Å². The smallest absolute Gasteiger partial charge is 0.122 e. The first-order chi connectivity index (χ1) is 7.25. The van der Waals surface area contributed by atoms with Gasteiger partial charge in [0.2, 0.25) is 0 Å². The lowest BCUT2D eigenvalue weighted by Gasteiger charge is -2.03. The zero-order valence-electron chi connectivity index (χ0n) is 7.81. The molecule has 15 heavy (non-hydrogen) atoms. The Morgan fingerprint density at radius 3 is 2.73 bits per heavy atom. The van der Waals surface area contributed by atoms with Gasteiger partial charge in [-0.05, 0) is 23.6 Å². The third-order valence-corrected chi connectivity index (χ3v) is 2.72. The Morgan fingerprint density at radius 2 is 2.20 bits per heavy atom. The molecule has 2 rings (SSSR count). The maximum Gasteiger partial charge on any atom is 0.122 e. The van der Waals surface area contributed by atoms with Crippen LogP contribution in [0.15, 0.2) is 35.2 Å². The highest BCUT2D eigenvalue weighted by atomic mass is 32.1. The Bertz CT molecular complexity index is 448. The van der Waals surface area contributed by atoms with Crippen molar-refractivity contribution in [3.63, 3.8) is 0 Å². The van der Waals surface area contributed by atoms with Crippen LogP contribution < -0.4 is 11.1 Å². The molecule has 0 bridgehead atoms. The molecule has 0 unspecified atom stereocenters. The summed E-state index contributed by atoms with van der Waals surface area (Å²) in [6.07, 6.45) is 1.71. The van der Waals surface area contributed by atoms with E-state index in [-0.39, 0.29) is 0 Å². The molecule has 0 fully saturated rings. The number of nitrogens with one attached hydrogen (secondary N) is 1. The van der Waals surface area contributed by atoms with Crippen LogP contribution in [0.3, 0.4) is 0 Å². The maximum atomic E-state index is 5.45. The second kappa shape index (κ2) is 4.37. The number of aromatic nitrogens is 1. The second-order valence-corrected chi connectivity index (χ2v) is 4.15. The van der Waals surface area contributed by atoms with Crippen LogP contribution in [0.2, 0.25) is 0 Å². The third-order valence-electron chi connectivity index (χ3n) is 1.83. The molecule has 0 radical (unpaired) electrons. The molecule has 0 saturated carbocycles. The summed E-state index contributed by atoms with van der Waals surface area (Å²) in [7, 11) is 0. The van der Waals surface area contributed by atoms with E-state index in [0.29, 0.717) is 10.7 Å². The van der Waals surface area contributed by atoms with Crippen LogP contribution in [0.25, 0.3) is 0 Å². The first kappa shape index (κ1) is 10.1. The predicted octanol–water partition coefficient (Wildman–Crippen LogP) is 2.52. The van der Waals surface area contributed by atoms with E-state index in [4.69, 9.17) is 18.0 Å². The number of nitrogens with zero attached hydrogens (tertiary/aromatic N) is 1. The maximum absolute atomic E-state index is 5.45. The molecule has 0 aliphatic rings. The molecule has 3 nitrogen and oxygen atoms in total. The number of nitrogens with two attached hydrogens (primary N) is 1. The third kappa shape index (κ3) is 2.51. The van der Waals surface area contributed by atoms with Crippen LogP contribution in [0.4, 0.5) is 11.4 Å². The number of thiocarbonyl (C=S) groups is 1. The number of pyridine rings is 1. The van der Waals surface area contributed by atoms with Crippen LogP contribution >= 0.6 is 23.6 Å². The number of hydrogen-bond donors (Lipinski definition) is 2. The summed E-state index contributed by atoms with van der Waals surface area (Å²) in [6, 6.07) is 5.71. The summed E-state index contributed by atoms with van der Waals surface area (Å²) in [6.45, 7) is 0. The molecule has 5 heteroatoms. The molecule has 76 valence electrons. The van der Waals surface area contributed by atoms with Crippen LogP contribution in [0.5, 0.6) is 0 Å². The Balaban J connectivity index is 2.14. The van der Waals surface area contributed by atoms with Crippen molar-refractivity contribution in [2.75, 3.05) is 5.32 Å². The summed E-state index contributed by atoms with van der Waals surface area (Å²) < 4.78 is 0. The molecule has 2 heterocycles. The molecule has 0 saturated heterocycles. The Kier molecular flexibility index (Phi) is 2.94. The molecule has 2 aromatic rings. The SMILES string of the molecule is NC(=S)c1ccc(Nc2ccsc2)cn1. The van der Waals surface area contributed by atoms with Gasteiger partial charge in [0.05, 0.1) is 17.6 Å². The lowest BCUT2D eigenvalue weighted by Crippen LogP contribution is -2.11. The van der Waals surface area contributed by atoms with Gasteiger partial charge in [-0.2, -0.15) is 11.3 Å². The standard InChI is InChI=1S/C10H9N3S2/c11-10(14)9-2-1-7(5-12-9)13-8-3-4-15-6-8/h1-6,13H,(H2,11,14). The van der Waals surface area contributed by atoms with Gasteiger partial charge >= 0.3 is 0 Å². The van der Waals surface area contributed by atoms with E-state index in [2.05, 4.69) is 10.3 Å². The predicted molar refractivity (Wildman–Crippen MR) is 67.7 cm³/mol. The van der Waals surface area contributed by atoms with Crippen molar-refractivity contribution in [2.45, 2.75) is 0 Å². The van der Waals surface area contributed by atoms with Crippen molar-refractivity contribution in [3.05, 3.63) is 40.8 Å². The molecule has 0 atom stereocenters. The van der Waals surface area contributed by atoms with Gasteiger partial charge in [0.25, 0.3) is 0 Å². The summed E-state index contributed by atoms with van der Waals surface area (Å²) in [4.78, 5) is 4.45. The fraction of sp³-hybridized carbons (Fsp3) is 0. The van der Waals surface area contributed by atoms with Gasteiger partial charge in [-0.1, -0.05) is 12.2 Å². The zero-order valence-corrected chi connectivity index (χ0v) is 9.44. The molecule has 0 aliphatic carbocycles. The Labute approximate surface area is 97.0 Å². The van der Waals surface area contributed by atoms with Crippen molar-refractivity contribution in [1.82, 2.24) is 4.98 Å². The lowest BCUT2D eigenvalue weighted by atomic mass is 10.3. The molecular formula is C10H9N3S2. The quantitative estimate of drug-likeness (QED) is 0.803. The van der Waals surface area contributed by atoms with E-state index in [1.807, 2.05) is 22.9 Å². The monoisotopic (exact) mass is 235 g/mol. The minimum Gasteiger partial charge on any atom is -0.388 e. The van der Waals surface area contributed by atoms with Crippen molar-refractivity contribution >= 4 is 39.9 Å². The average Bonchev–Trinajstić information content (AvgIpc) is 2.71. The van der Waals surface area contributed by atoms with Crippen LogP contribution in [0, 0.1) is 0 Å². The molecule has 3 N–H and O–H groups in total. The minimum atomic E-state index is 0.317. The number of hydrogen-bond acceptors (Lipinski definition) is 4. The first-order valence-corrected chi connectivity index (χ1v) is 5.66. The molecule has 0 spiro atoms. The van der Waals surface area contributed by atoms with E-state index in [1.54, 1.807) is 23.6 Å². The van der Waals surface area contributed by atoms with Gasteiger partial charge in [-0.25, -0.2) is 0 Å². The average molecular weight is 235 g/mol. The van der Waals surface area contributed by atoms with Crippen molar-refractivity contribution < 1.29 is 0 Å². The van der Waals surface area contributed by atoms with Gasteiger partial charge in [0, 0.05) is 11.1 Å². The van der Waals surface area contributed by atoms with E-state index in [9.17, 15) is 0 Å². The second-order valence-electron chi connectivity index (χ2n) is 2.93. The van der Waals surface area contributed by atoms with Gasteiger partial charge in [0.1, 0.15) is 4.99 Å². The lowest BCUT2D eigenvalue weighted by molar-refractivity contribution is 1.29. The van der Waals surface area contributed by atoms with Crippen LogP contribution in [-0.4, -0.2) is 9.97 Å². The van der Waals surface area contributed by atoms with Crippen molar-refractivity contribution in [2.24, 2.45) is 5.73 Å². The minimum absolute atomic E-state index is 0.317. The van der Waals surface area contributed by atoms with Crippen LogP contribution in [0.1, 0.15) is 5.69 Å². The molecule has 0 aliphatic heterocycles. The summed E-state index contributed by atoms with van der Waals surface area (Å²) in [5.74, 6) is 0. The Morgan fingerprint density at radius 1 is 1.33 bits per heavy atom. The normalized spacial score (nSPS) is 9.87. The van der Waals surface area contributed by atoms with Crippen molar-refractivity contribution in [1.29, 1.82) is 0 Å². The largest absolute Gasteiger partial charge is 0.388 e. The molecular weight excluding hydrogens is 226 g/mol. The Hall–Kier alpha value is -1.46. The summed E-state index contributed by atoms with van der Waals surface area (Å²) >= 11 is 6.46.